The first-order chi connectivity index (χ1) is 10.6. The van der Waals surface area contributed by atoms with E-state index in [0.29, 0.717) is 13.0 Å². The van der Waals surface area contributed by atoms with Crippen molar-refractivity contribution >= 4 is 17.9 Å². The number of hydrogen-bond acceptors (Lipinski definition) is 3. The van der Waals surface area contributed by atoms with Gasteiger partial charge in [0.1, 0.15) is 12.6 Å². The first kappa shape index (κ1) is 14.4. The maximum absolute atomic E-state index is 12.3. The summed E-state index contributed by atoms with van der Waals surface area (Å²) >= 11 is 0. The van der Waals surface area contributed by atoms with E-state index in [2.05, 4.69) is 10.6 Å². The molecule has 7 nitrogen and oxygen atoms in total. The second kappa shape index (κ2) is 5.67. The topological polar surface area (TPSA) is 98.7 Å². The second-order valence-corrected chi connectivity index (χ2v) is 5.47. The molecule has 2 heterocycles. The summed E-state index contributed by atoms with van der Waals surface area (Å²) in [6.07, 6.45) is 1.12. The molecule has 0 unspecified atom stereocenters. The van der Waals surface area contributed by atoms with Crippen molar-refractivity contribution in [3.8, 4) is 0 Å². The van der Waals surface area contributed by atoms with Crippen molar-refractivity contribution in [3.05, 3.63) is 35.4 Å². The summed E-state index contributed by atoms with van der Waals surface area (Å²) in [4.78, 5) is 36.7. The van der Waals surface area contributed by atoms with Gasteiger partial charge in [0, 0.05) is 13.0 Å². The van der Waals surface area contributed by atoms with Crippen LogP contribution in [0, 0.1) is 0 Å². The van der Waals surface area contributed by atoms with E-state index < -0.39 is 24.5 Å². The van der Waals surface area contributed by atoms with Gasteiger partial charge in [-0.3, -0.25) is 9.59 Å². The highest BCUT2D eigenvalue weighted by Crippen LogP contribution is 2.36. The molecule has 2 atom stereocenters. The van der Waals surface area contributed by atoms with Crippen LogP contribution < -0.4 is 10.6 Å². The first-order valence-corrected chi connectivity index (χ1v) is 7.21. The van der Waals surface area contributed by atoms with Gasteiger partial charge in [-0.2, -0.15) is 0 Å². The Bertz CT molecular complexity index is 631. The van der Waals surface area contributed by atoms with Crippen molar-refractivity contribution in [1.29, 1.82) is 0 Å². The number of rotatable bonds is 3. The molecule has 3 N–H and O–H groups in total. The van der Waals surface area contributed by atoms with E-state index in [0.717, 1.165) is 17.5 Å². The highest BCUT2D eigenvalue weighted by molar-refractivity contribution is 5.90. The number of urea groups is 1. The lowest BCUT2D eigenvalue weighted by atomic mass is 9.85. The number of amides is 3. The number of carbonyl (C=O) groups excluding carboxylic acids is 2. The van der Waals surface area contributed by atoms with Crippen molar-refractivity contribution in [2.75, 3.05) is 13.1 Å². The zero-order chi connectivity index (χ0) is 15.7. The predicted molar refractivity (Wildman–Crippen MR) is 77.2 cm³/mol. The fourth-order valence-electron chi connectivity index (χ4n) is 3.20. The van der Waals surface area contributed by atoms with Crippen LogP contribution in [-0.4, -0.2) is 47.0 Å². The minimum atomic E-state index is -1.11. The number of nitrogens with zero attached hydrogens (tertiary/aromatic N) is 1. The average molecular weight is 303 g/mol. The van der Waals surface area contributed by atoms with Crippen LogP contribution in [0.25, 0.3) is 0 Å². The second-order valence-electron chi connectivity index (χ2n) is 5.47. The number of carbonyl (C=O) groups is 3. The molecule has 22 heavy (non-hydrogen) atoms. The van der Waals surface area contributed by atoms with Crippen molar-refractivity contribution in [3.63, 3.8) is 0 Å². The lowest BCUT2D eigenvalue weighted by molar-refractivity contribution is -0.138. The summed E-state index contributed by atoms with van der Waals surface area (Å²) in [7, 11) is 0. The lowest BCUT2D eigenvalue weighted by Crippen LogP contribution is -2.60. The fraction of sp³-hybridized carbons (Fsp3) is 0.400. The Morgan fingerprint density at radius 3 is 2.91 bits per heavy atom. The molecule has 116 valence electrons. The van der Waals surface area contributed by atoms with E-state index in [-0.39, 0.29) is 12.1 Å². The van der Waals surface area contributed by atoms with Crippen LogP contribution in [0.3, 0.4) is 0 Å². The maximum Gasteiger partial charge on any atom is 0.322 e. The minimum Gasteiger partial charge on any atom is -0.480 e. The highest BCUT2D eigenvalue weighted by Gasteiger charge is 2.42. The number of fused-ring (bicyclic) bond motifs is 3. The molecule has 0 aliphatic carbocycles. The number of carboxylic acid groups (broad SMARTS) is 1. The van der Waals surface area contributed by atoms with E-state index >= 15 is 0 Å². The average Bonchev–Trinajstić information content (AvgIpc) is 2.52. The van der Waals surface area contributed by atoms with Crippen molar-refractivity contribution in [2.45, 2.75) is 24.9 Å². The van der Waals surface area contributed by atoms with Gasteiger partial charge in [0.25, 0.3) is 0 Å². The van der Waals surface area contributed by atoms with Gasteiger partial charge in [0.15, 0.2) is 0 Å². The summed E-state index contributed by atoms with van der Waals surface area (Å²) in [6.45, 7) is 0.120. The Morgan fingerprint density at radius 1 is 1.36 bits per heavy atom. The number of benzene rings is 1. The predicted octanol–water partition coefficient (Wildman–Crippen LogP) is 0.269. The molecule has 0 aromatic heterocycles. The molecule has 2 aliphatic heterocycles. The smallest absolute Gasteiger partial charge is 0.322 e. The molecule has 0 saturated carbocycles. The molecule has 1 aromatic carbocycles. The van der Waals surface area contributed by atoms with Crippen LogP contribution in [-0.2, 0) is 16.0 Å². The third-order valence-electron chi connectivity index (χ3n) is 4.14. The largest absolute Gasteiger partial charge is 0.480 e. The van der Waals surface area contributed by atoms with E-state index in [1.807, 2.05) is 24.3 Å². The van der Waals surface area contributed by atoms with Gasteiger partial charge in [-0.1, -0.05) is 24.3 Å². The molecule has 1 aromatic rings. The third kappa shape index (κ3) is 2.49. The Kier molecular flexibility index (Phi) is 3.70. The molecule has 3 amide bonds. The zero-order valence-corrected chi connectivity index (χ0v) is 11.9. The maximum atomic E-state index is 12.3. The minimum absolute atomic E-state index is 0.140. The lowest BCUT2D eigenvalue weighted by Gasteiger charge is -2.45. The Morgan fingerprint density at radius 2 is 2.14 bits per heavy atom. The Labute approximate surface area is 127 Å². The monoisotopic (exact) mass is 303 g/mol. The summed E-state index contributed by atoms with van der Waals surface area (Å²) in [5.41, 5.74) is 2.11. The summed E-state index contributed by atoms with van der Waals surface area (Å²) < 4.78 is 0. The molecule has 0 bridgehead atoms. The van der Waals surface area contributed by atoms with Crippen LogP contribution in [0.2, 0.25) is 0 Å². The van der Waals surface area contributed by atoms with Crippen LogP contribution >= 0.6 is 0 Å². The van der Waals surface area contributed by atoms with Gasteiger partial charge in [0.2, 0.25) is 5.91 Å². The molecular weight excluding hydrogens is 286 g/mol. The van der Waals surface area contributed by atoms with Crippen molar-refractivity contribution < 1.29 is 19.5 Å². The van der Waals surface area contributed by atoms with Gasteiger partial charge in [-0.25, -0.2) is 4.79 Å². The van der Waals surface area contributed by atoms with E-state index in [1.165, 1.54) is 0 Å². The quantitative estimate of drug-likeness (QED) is 0.746. The van der Waals surface area contributed by atoms with Crippen molar-refractivity contribution in [1.82, 2.24) is 15.5 Å². The zero-order valence-electron chi connectivity index (χ0n) is 11.9. The van der Waals surface area contributed by atoms with Crippen LogP contribution in [0.5, 0.6) is 0 Å². The molecule has 2 aliphatic rings. The fourth-order valence-corrected chi connectivity index (χ4v) is 3.20. The number of nitrogens with one attached hydrogen (secondary N) is 2. The molecule has 0 radical (unpaired) electrons. The third-order valence-corrected chi connectivity index (χ3v) is 4.14. The van der Waals surface area contributed by atoms with Gasteiger partial charge in [-0.05, 0) is 17.5 Å². The van der Waals surface area contributed by atoms with Gasteiger partial charge >= 0.3 is 12.0 Å². The van der Waals surface area contributed by atoms with E-state index in [4.69, 9.17) is 5.11 Å². The normalized spacial score (nSPS) is 23.1. The SMILES string of the molecule is O=C(O)CNC(=O)[C@@H]1Cc2ccccc2[C@H]2CCNC(=O)N21. The van der Waals surface area contributed by atoms with Crippen molar-refractivity contribution in [2.24, 2.45) is 0 Å². The molecule has 1 saturated heterocycles. The standard InChI is InChI=1S/C15H17N3O4/c19-13(20)8-17-14(21)12-7-9-3-1-2-4-10(9)11-5-6-16-15(22)18(11)12/h1-4,11-12H,5-8H2,(H,16,22)(H,17,21)(H,19,20)/t11-,12+/m1/s1. The van der Waals surface area contributed by atoms with Crippen LogP contribution in [0.1, 0.15) is 23.6 Å². The van der Waals surface area contributed by atoms with Gasteiger partial charge in [0.05, 0.1) is 6.04 Å². The number of carboxylic acids is 1. The highest BCUT2D eigenvalue weighted by atomic mass is 16.4. The molecule has 0 spiro atoms. The summed E-state index contributed by atoms with van der Waals surface area (Å²) in [6, 6.07) is 6.67. The molecule has 3 rings (SSSR count). The number of aliphatic carboxylic acids is 1. The summed E-state index contributed by atoms with van der Waals surface area (Å²) in [5, 5.41) is 13.8. The van der Waals surface area contributed by atoms with Crippen LogP contribution in [0.15, 0.2) is 24.3 Å². The number of hydrogen-bond donors (Lipinski definition) is 3. The molecule has 1 fully saturated rings. The molecule has 7 heteroatoms. The first-order valence-electron chi connectivity index (χ1n) is 7.21. The van der Waals surface area contributed by atoms with E-state index in [9.17, 15) is 14.4 Å². The van der Waals surface area contributed by atoms with Gasteiger partial charge < -0.3 is 20.6 Å². The van der Waals surface area contributed by atoms with Gasteiger partial charge in [-0.15, -0.1) is 0 Å². The Hall–Kier alpha value is -2.57. The molecular formula is C15H17N3O4. The Balaban J connectivity index is 1.91. The summed E-state index contributed by atoms with van der Waals surface area (Å²) in [5.74, 6) is -1.54. The van der Waals surface area contributed by atoms with Crippen LogP contribution in [0.4, 0.5) is 4.79 Å². The van der Waals surface area contributed by atoms with E-state index in [1.54, 1.807) is 4.90 Å².